The Balaban J connectivity index is 2.20. The molecule has 0 aliphatic rings. The van der Waals surface area contributed by atoms with Crippen molar-refractivity contribution >= 4 is 34.8 Å². The lowest BCUT2D eigenvalue weighted by Gasteiger charge is -2.04. The molecule has 2 aromatic rings. The summed E-state index contributed by atoms with van der Waals surface area (Å²) in [5.74, 6) is -0.427. The maximum absolute atomic E-state index is 11.8. The maximum atomic E-state index is 11.8. The molecule has 2 rings (SSSR count). The lowest BCUT2D eigenvalue weighted by Crippen LogP contribution is -2.14. The number of hydrogen-bond acceptors (Lipinski definition) is 4. The Morgan fingerprint density at radius 2 is 2.12 bits per heavy atom. The number of carbonyl (C=O) groups excluding carboxylic acids is 1. The Morgan fingerprint density at radius 1 is 1.29 bits per heavy atom. The second-order valence-corrected chi connectivity index (χ2v) is 3.77. The molecule has 1 N–H and O–H groups in total. The van der Waals surface area contributed by atoms with Crippen molar-refractivity contribution in [3.8, 4) is 0 Å². The number of halogens is 2. The summed E-state index contributed by atoms with van der Waals surface area (Å²) in [5.41, 5.74) is 0.655. The highest BCUT2D eigenvalue weighted by Crippen LogP contribution is 2.12. The predicted octanol–water partition coefficient (Wildman–Crippen LogP) is 2.43. The number of amides is 1. The second-order valence-electron chi connectivity index (χ2n) is 3.04. The number of hydrogen-bond donors (Lipinski definition) is 1. The average Bonchev–Trinajstić information content (AvgIpc) is 2.29. The Hall–Kier alpha value is -1.72. The van der Waals surface area contributed by atoms with Gasteiger partial charge < -0.3 is 5.32 Å². The summed E-state index contributed by atoms with van der Waals surface area (Å²) in [6.45, 7) is 0. The van der Waals surface area contributed by atoms with Gasteiger partial charge in [0, 0.05) is 12.3 Å². The van der Waals surface area contributed by atoms with Gasteiger partial charge in [-0.15, -0.1) is 0 Å². The zero-order chi connectivity index (χ0) is 12.3. The van der Waals surface area contributed by atoms with Crippen molar-refractivity contribution in [2.75, 3.05) is 5.32 Å². The predicted molar refractivity (Wildman–Crippen MR) is 64.2 cm³/mol. The molecule has 2 aromatic heterocycles. The smallest absolute Gasteiger partial charge is 0.274 e. The molecule has 86 valence electrons. The minimum Gasteiger partial charge on any atom is -0.319 e. The highest BCUT2D eigenvalue weighted by Gasteiger charge is 2.10. The van der Waals surface area contributed by atoms with Gasteiger partial charge in [0.1, 0.15) is 10.8 Å². The summed E-state index contributed by atoms with van der Waals surface area (Å²) in [7, 11) is 0. The molecule has 7 heteroatoms. The van der Waals surface area contributed by atoms with Gasteiger partial charge in [0.25, 0.3) is 5.91 Å². The van der Waals surface area contributed by atoms with Crippen molar-refractivity contribution in [2.45, 2.75) is 0 Å². The molecule has 17 heavy (non-hydrogen) atoms. The molecule has 0 aliphatic heterocycles. The van der Waals surface area contributed by atoms with E-state index in [1.165, 1.54) is 12.3 Å². The SMILES string of the molecule is O=C(Nc1cccnc1)c1cc(Cl)nc(Cl)n1. The number of nitrogens with one attached hydrogen (secondary N) is 1. The first-order valence-electron chi connectivity index (χ1n) is 4.56. The third kappa shape index (κ3) is 3.12. The first kappa shape index (κ1) is 11.8. The highest BCUT2D eigenvalue weighted by atomic mass is 35.5. The molecule has 0 radical (unpaired) electrons. The zero-order valence-electron chi connectivity index (χ0n) is 8.39. The summed E-state index contributed by atoms with van der Waals surface area (Å²) >= 11 is 11.3. The van der Waals surface area contributed by atoms with Crippen molar-refractivity contribution in [1.82, 2.24) is 15.0 Å². The molecule has 0 saturated heterocycles. The fourth-order valence-electron chi connectivity index (χ4n) is 1.14. The monoisotopic (exact) mass is 268 g/mol. The van der Waals surface area contributed by atoms with Crippen LogP contribution in [0, 0.1) is 0 Å². The van der Waals surface area contributed by atoms with E-state index in [1.807, 2.05) is 0 Å². The summed E-state index contributed by atoms with van der Waals surface area (Å²) in [5, 5.41) is 2.64. The number of nitrogens with zero attached hydrogens (tertiary/aromatic N) is 3. The molecular weight excluding hydrogens is 263 g/mol. The van der Waals surface area contributed by atoms with E-state index in [9.17, 15) is 4.79 Å². The first-order chi connectivity index (χ1) is 8.15. The molecule has 0 spiro atoms. The largest absolute Gasteiger partial charge is 0.319 e. The van der Waals surface area contributed by atoms with Gasteiger partial charge in [-0.05, 0) is 23.7 Å². The quantitative estimate of drug-likeness (QED) is 0.671. The molecule has 0 atom stereocenters. The molecule has 0 saturated carbocycles. The molecule has 1 amide bonds. The van der Waals surface area contributed by atoms with Gasteiger partial charge in [-0.2, -0.15) is 0 Å². The van der Waals surface area contributed by atoms with Crippen LogP contribution in [0.15, 0.2) is 30.6 Å². The zero-order valence-corrected chi connectivity index (χ0v) is 9.90. The van der Waals surface area contributed by atoms with E-state index in [4.69, 9.17) is 23.2 Å². The third-order valence-corrected chi connectivity index (χ3v) is 2.18. The van der Waals surface area contributed by atoms with E-state index in [-0.39, 0.29) is 16.1 Å². The van der Waals surface area contributed by atoms with Crippen LogP contribution in [-0.4, -0.2) is 20.9 Å². The molecule has 5 nitrogen and oxygen atoms in total. The van der Waals surface area contributed by atoms with E-state index in [1.54, 1.807) is 18.3 Å². The maximum Gasteiger partial charge on any atom is 0.274 e. The van der Waals surface area contributed by atoms with Gasteiger partial charge >= 0.3 is 0 Å². The number of carbonyl (C=O) groups is 1. The van der Waals surface area contributed by atoms with Crippen LogP contribution in [-0.2, 0) is 0 Å². The van der Waals surface area contributed by atoms with E-state index in [2.05, 4.69) is 20.3 Å². The Bertz CT molecular complexity index is 527. The molecule has 0 bridgehead atoms. The molecule has 0 aliphatic carbocycles. The molecule has 2 heterocycles. The van der Waals surface area contributed by atoms with E-state index >= 15 is 0 Å². The number of anilines is 1. The number of rotatable bonds is 2. The van der Waals surface area contributed by atoms with E-state index in [0.717, 1.165) is 0 Å². The summed E-state index contributed by atoms with van der Waals surface area (Å²) in [6.07, 6.45) is 3.12. The number of pyridine rings is 1. The van der Waals surface area contributed by atoms with Gasteiger partial charge in [-0.1, -0.05) is 11.6 Å². The third-order valence-electron chi connectivity index (χ3n) is 1.82. The summed E-state index contributed by atoms with van der Waals surface area (Å²) in [6, 6.07) is 4.74. The van der Waals surface area contributed by atoms with Crippen LogP contribution >= 0.6 is 23.2 Å². The van der Waals surface area contributed by atoms with Gasteiger partial charge in [-0.25, -0.2) is 9.97 Å². The fourth-order valence-corrected chi connectivity index (χ4v) is 1.55. The second kappa shape index (κ2) is 5.07. The van der Waals surface area contributed by atoms with Crippen LogP contribution < -0.4 is 5.32 Å². The normalized spacial score (nSPS) is 10.0. The van der Waals surface area contributed by atoms with Crippen molar-refractivity contribution in [3.63, 3.8) is 0 Å². The minimum atomic E-state index is -0.427. The highest BCUT2D eigenvalue weighted by molar-refractivity contribution is 6.32. The van der Waals surface area contributed by atoms with Crippen LogP contribution in [0.5, 0.6) is 0 Å². The van der Waals surface area contributed by atoms with Crippen molar-refractivity contribution in [3.05, 3.63) is 46.7 Å². The van der Waals surface area contributed by atoms with Crippen LogP contribution in [0.25, 0.3) is 0 Å². The lowest BCUT2D eigenvalue weighted by molar-refractivity contribution is 0.102. The average molecular weight is 269 g/mol. The standard InChI is InChI=1S/C10H6Cl2N4O/c11-8-4-7(15-10(12)16-8)9(17)14-6-2-1-3-13-5-6/h1-5H,(H,14,17). The number of aromatic nitrogens is 3. The Labute approximate surface area is 107 Å². The van der Waals surface area contributed by atoms with Crippen LogP contribution in [0.1, 0.15) is 10.5 Å². The van der Waals surface area contributed by atoms with Crippen LogP contribution in [0.3, 0.4) is 0 Å². The van der Waals surface area contributed by atoms with Gasteiger partial charge in [0.2, 0.25) is 5.28 Å². The van der Waals surface area contributed by atoms with Crippen LogP contribution in [0.4, 0.5) is 5.69 Å². The van der Waals surface area contributed by atoms with Gasteiger partial charge in [-0.3, -0.25) is 9.78 Å². The fraction of sp³-hybridized carbons (Fsp3) is 0. The first-order valence-corrected chi connectivity index (χ1v) is 5.32. The lowest BCUT2D eigenvalue weighted by atomic mass is 10.3. The minimum absolute atomic E-state index is 0.0752. The van der Waals surface area contributed by atoms with Gasteiger partial charge in [0.15, 0.2) is 0 Å². The Kier molecular flexibility index (Phi) is 3.51. The van der Waals surface area contributed by atoms with Crippen LogP contribution in [0.2, 0.25) is 10.4 Å². The van der Waals surface area contributed by atoms with E-state index < -0.39 is 5.91 Å². The summed E-state index contributed by atoms with van der Waals surface area (Å²) in [4.78, 5) is 23.1. The summed E-state index contributed by atoms with van der Waals surface area (Å²) < 4.78 is 0. The van der Waals surface area contributed by atoms with E-state index in [0.29, 0.717) is 5.69 Å². The van der Waals surface area contributed by atoms with Gasteiger partial charge in [0.05, 0.1) is 11.9 Å². The molecule has 0 unspecified atom stereocenters. The Morgan fingerprint density at radius 3 is 2.76 bits per heavy atom. The van der Waals surface area contributed by atoms with Crippen molar-refractivity contribution in [2.24, 2.45) is 0 Å². The topological polar surface area (TPSA) is 67.8 Å². The molecule has 0 aromatic carbocycles. The molecule has 0 fully saturated rings. The van der Waals surface area contributed by atoms with Crippen molar-refractivity contribution in [1.29, 1.82) is 0 Å². The van der Waals surface area contributed by atoms with Crippen molar-refractivity contribution < 1.29 is 4.79 Å². The molecular formula is C10H6Cl2N4O.